The van der Waals surface area contributed by atoms with Crippen molar-refractivity contribution in [2.75, 3.05) is 18.4 Å². The molecule has 0 spiro atoms. The van der Waals surface area contributed by atoms with Gasteiger partial charge in [0, 0.05) is 31.4 Å². The molecule has 4 rings (SSSR count). The van der Waals surface area contributed by atoms with Crippen molar-refractivity contribution in [2.24, 2.45) is 0 Å². The van der Waals surface area contributed by atoms with E-state index in [2.05, 4.69) is 39.8 Å². The zero-order valence-corrected chi connectivity index (χ0v) is 14.2. The highest BCUT2D eigenvalue weighted by molar-refractivity contribution is 5.89. The van der Waals surface area contributed by atoms with Gasteiger partial charge in [-0.25, -0.2) is 4.79 Å². The number of fused-ring (bicyclic) bond motifs is 1. The van der Waals surface area contributed by atoms with Gasteiger partial charge in [0.05, 0.1) is 13.2 Å². The summed E-state index contributed by atoms with van der Waals surface area (Å²) < 4.78 is 5.41. The fourth-order valence-electron chi connectivity index (χ4n) is 3.54. The van der Waals surface area contributed by atoms with Crippen molar-refractivity contribution >= 4 is 11.7 Å². The van der Waals surface area contributed by atoms with Crippen LogP contribution in [0.2, 0.25) is 0 Å². The van der Waals surface area contributed by atoms with Gasteiger partial charge in [0.1, 0.15) is 0 Å². The molecule has 2 aromatic rings. The van der Waals surface area contributed by atoms with Gasteiger partial charge in [0.15, 0.2) is 0 Å². The second kappa shape index (κ2) is 7.25. The third kappa shape index (κ3) is 4.00. The Morgan fingerprint density at radius 3 is 2.84 bits per heavy atom. The summed E-state index contributed by atoms with van der Waals surface area (Å²) in [5.74, 6) is 0. The first-order chi connectivity index (χ1) is 12.3. The molecule has 1 fully saturated rings. The molecular formula is C20H23N3O2. The van der Waals surface area contributed by atoms with Gasteiger partial charge in [0.25, 0.3) is 0 Å². The molecule has 0 radical (unpaired) electrons. The van der Waals surface area contributed by atoms with Crippen molar-refractivity contribution < 1.29 is 9.53 Å². The van der Waals surface area contributed by atoms with E-state index in [1.807, 2.05) is 24.3 Å². The smallest absolute Gasteiger partial charge is 0.319 e. The highest BCUT2D eigenvalue weighted by atomic mass is 16.5. The molecule has 0 bridgehead atoms. The summed E-state index contributed by atoms with van der Waals surface area (Å²) in [6, 6.07) is 16.5. The molecule has 2 aliphatic rings. The lowest BCUT2D eigenvalue weighted by Crippen LogP contribution is -2.39. The van der Waals surface area contributed by atoms with Gasteiger partial charge in [-0.05, 0) is 35.2 Å². The number of carbonyl (C=O) groups is 1. The van der Waals surface area contributed by atoms with Crippen LogP contribution in [-0.4, -0.2) is 30.1 Å². The minimum Gasteiger partial charge on any atom is -0.372 e. The Balaban J connectivity index is 1.27. The Kier molecular flexibility index (Phi) is 4.68. The average Bonchev–Trinajstić information content (AvgIpc) is 3.24. The van der Waals surface area contributed by atoms with E-state index in [4.69, 9.17) is 4.74 Å². The third-order valence-corrected chi connectivity index (χ3v) is 4.84. The number of ether oxygens (including phenoxy) is 1. The summed E-state index contributed by atoms with van der Waals surface area (Å²) in [6.45, 7) is 4.13. The van der Waals surface area contributed by atoms with Gasteiger partial charge in [-0.15, -0.1) is 0 Å². The van der Waals surface area contributed by atoms with Gasteiger partial charge in [-0.2, -0.15) is 0 Å². The predicted molar refractivity (Wildman–Crippen MR) is 97.2 cm³/mol. The second-order valence-electron chi connectivity index (χ2n) is 6.78. The van der Waals surface area contributed by atoms with Gasteiger partial charge in [0.2, 0.25) is 0 Å². The van der Waals surface area contributed by atoms with Crippen molar-refractivity contribution in [3.05, 3.63) is 65.2 Å². The summed E-state index contributed by atoms with van der Waals surface area (Å²) in [5.41, 5.74) is 4.50. The number of anilines is 1. The molecule has 0 unspecified atom stereocenters. The summed E-state index contributed by atoms with van der Waals surface area (Å²) >= 11 is 0. The van der Waals surface area contributed by atoms with Crippen LogP contribution in [0, 0.1) is 0 Å². The van der Waals surface area contributed by atoms with Crippen molar-refractivity contribution in [1.29, 1.82) is 0 Å². The molecule has 0 aliphatic carbocycles. The lowest BCUT2D eigenvalue weighted by molar-refractivity contribution is 0.134. The normalized spacial score (nSPS) is 19.6. The summed E-state index contributed by atoms with van der Waals surface area (Å²) in [7, 11) is 0. The van der Waals surface area contributed by atoms with Crippen molar-refractivity contribution in [1.82, 2.24) is 10.2 Å². The number of hydrogen-bond acceptors (Lipinski definition) is 3. The number of nitrogens with one attached hydrogen (secondary N) is 2. The summed E-state index contributed by atoms with van der Waals surface area (Å²) in [4.78, 5) is 14.6. The number of hydrogen-bond donors (Lipinski definition) is 2. The van der Waals surface area contributed by atoms with Crippen LogP contribution in [0.1, 0.15) is 23.1 Å². The first-order valence-corrected chi connectivity index (χ1v) is 8.79. The number of nitrogens with zero attached hydrogens (tertiary/aromatic N) is 1. The van der Waals surface area contributed by atoms with E-state index in [0.29, 0.717) is 13.2 Å². The van der Waals surface area contributed by atoms with Gasteiger partial charge >= 0.3 is 6.03 Å². The van der Waals surface area contributed by atoms with Crippen LogP contribution in [0.3, 0.4) is 0 Å². The highest BCUT2D eigenvalue weighted by Gasteiger charge is 2.24. The Morgan fingerprint density at radius 2 is 1.96 bits per heavy atom. The van der Waals surface area contributed by atoms with Crippen LogP contribution < -0.4 is 10.6 Å². The van der Waals surface area contributed by atoms with E-state index >= 15 is 0 Å². The summed E-state index contributed by atoms with van der Waals surface area (Å²) in [5, 5.41) is 6.03. The van der Waals surface area contributed by atoms with E-state index in [-0.39, 0.29) is 12.1 Å². The molecule has 2 amide bonds. The van der Waals surface area contributed by atoms with E-state index < -0.39 is 0 Å². The highest BCUT2D eigenvalue weighted by Crippen LogP contribution is 2.23. The number of rotatable bonds is 4. The van der Waals surface area contributed by atoms with Gasteiger partial charge < -0.3 is 15.4 Å². The molecule has 130 valence electrons. The predicted octanol–water partition coefficient (Wildman–Crippen LogP) is 3.11. The molecule has 0 saturated carbocycles. The van der Waals surface area contributed by atoms with Crippen LogP contribution in [0.15, 0.2) is 48.5 Å². The monoisotopic (exact) mass is 337 g/mol. The second-order valence-corrected chi connectivity index (χ2v) is 6.78. The number of carbonyl (C=O) groups excluding carboxylic acids is 1. The van der Waals surface area contributed by atoms with Crippen molar-refractivity contribution in [3.8, 4) is 0 Å². The maximum atomic E-state index is 12.3. The largest absolute Gasteiger partial charge is 0.372 e. The van der Waals surface area contributed by atoms with Crippen LogP contribution in [0.4, 0.5) is 10.5 Å². The quantitative estimate of drug-likeness (QED) is 0.901. The lowest BCUT2D eigenvalue weighted by Gasteiger charge is -2.17. The zero-order valence-electron chi connectivity index (χ0n) is 14.2. The fourth-order valence-corrected chi connectivity index (χ4v) is 3.54. The minimum absolute atomic E-state index is 0.134. The fraction of sp³-hybridized carbons (Fsp3) is 0.350. The Morgan fingerprint density at radius 1 is 1.12 bits per heavy atom. The number of likely N-dealkylation sites (tertiary alicyclic amines) is 1. The maximum absolute atomic E-state index is 12.3. The Hall–Kier alpha value is -2.37. The standard InChI is InChI=1S/C20H23N3O2/c24-20(21-18-7-6-16-13-25-14-17(16)10-18)22-19-8-9-23(12-19)11-15-4-2-1-3-5-15/h1-7,10,19H,8-9,11-14H2,(H2,21,22,24)/t19-/m0/s1. The average molecular weight is 337 g/mol. The molecule has 2 aliphatic heterocycles. The van der Waals surface area contributed by atoms with Crippen LogP contribution >= 0.6 is 0 Å². The van der Waals surface area contributed by atoms with Crippen LogP contribution in [0.25, 0.3) is 0 Å². The van der Waals surface area contributed by atoms with Gasteiger partial charge in [-0.3, -0.25) is 4.90 Å². The van der Waals surface area contributed by atoms with E-state index in [0.717, 1.165) is 37.3 Å². The molecule has 2 heterocycles. The number of amides is 2. The minimum atomic E-state index is -0.134. The number of urea groups is 1. The third-order valence-electron chi connectivity index (χ3n) is 4.84. The van der Waals surface area contributed by atoms with E-state index in [1.165, 1.54) is 11.1 Å². The van der Waals surface area contributed by atoms with Crippen molar-refractivity contribution in [2.45, 2.75) is 32.2 Å². The molecule has 1 saturated heterocycles. The number of benzene rings is 2. The zero-order chi connectivity index (χ0) is 17.1. The lowest BCUT2D eigenvalue weighted by atomic mass is 10.1. The molecule has 2 N–H and O–H groups in total. The van der Waals surface area contributed by atoms with E-state index in [9.17, 15) is 4.79 Å². The molecule has 0 aromatic heterocycles. The Labute approximate surface area is 148 Å². The van der Waals surface area contributed by atoms with Gasteiger partial charge in [-0.1, -0.05) is 36.4 Å². The van der Waals surface area contributed by atoms with Crippen molar-refractivity contribution in [3.63, 3.8) is 0 Å². The first kappa shape index (κ1) is 16.1. The van der Waals surface area contributed by atoms with Crippen LogP contribution in [0.5, 0.6) is 0 Å². The molecule has 1 atom stereocenters. The first-order valence-electron chi connectivity index (χ1n) is 8.79. The Bertz CT molecular complexity index is 748. The molecular weight excluding hydrogens is 314 g/mol. The summed E-state index contributed by atoms with van der Waals surface area (Å²) in [6.07, 6.45) is 0.984. The topological polar surface area (TPSA) is 53.6 Å². The molecule has 5 nitrogen and oxygen atoms in total. The molecule has 5 heteroatoms. The van der Waals surface area contributed by atoms with Crippen LogP contribution in [-0.2, 0) is 24.5 Å². The molecule has 2 aromatic carbocycles. The maximum Gasteiger partial charge on any atom is 0.319 e. The van der Waals surface area contributed by atoms with E-state index in [1.54, 1.807) is 0 Å². The molecule has 25 heavy (non-hydrogen) atoms. The SMILES string of the molecule is O=C(Nc1ccc2c(c1)COC2)N[C@H]1CCN(Cc2ccccc2)C1.